The molecule has 0 aromatic heterocycles. The van der Waals surface area contributed by atoms with Crippen molar-refractivity contribution >= 4 is 29.1 Å². The maximum Gasteiger partial charge on any atom is 0.433 e. The van der Waals surface area contributed by atoms with Gasteiger partial charge < -0.3 is 15.8 Å². The Hall–Kier alpha value is -2.55. The second-order valence-corrected chi connectivity index (χ2v) is 4.85. The summed E-state index contributed by atoms with van der Waals surface area (Å²) in [7, 11) is 1.17. The average molecular weight is 364 g/mol. The van der Waals surface area contributed by atoms with Crippen LogP contribution in [0.3, 0.4) is 0 Å². The highest BCUT2D eigenvalue weighted by Crippen LogP contribution is 2.22. The fraction of sp³-hybridized carbons (Fsp3) is 0.214. The molecule has 24 heavy (non-hydrogen) atoms. The molecule has 0 heterocycles. The third-order valence-corrected chi connectivity index (χ3v) is 3.03. The number of hydrogen-bond donors (Lipinski definition) is 3. The predicted molar refractivity (Wildman–Crippen MR) is 80.8 cm³/mol. The van der Waals surface area contributed by atoms with Gasteiger partial charge in [0.25, 0.3) is 0 Å². The van der Waals surface area contributed by atoms with Crippen molar-refractivity contribution in [2.24, 2.45) is 5.73 Å². The van der Waals surface area contributed by atoms with Gasteiger partial charge in [0.05, 0.1) is 0 Å². The van der Waals surface area contributed by atoms with Crippen LogP contribution >= 0.6 is 11.6 Å². The Morgan fingerprint density at radius 2 is 1.83 bits per heavy atom. The van der Waals surface area contributed by atoms with Gasteiger partial charge in [-0.1, -0.05) is 11.6 Å². The lowest BCUT2D eigenvalue weighted by Crippen LogP contribution is -2.34. The first-order valence-corrected chi connectivity index (χ1v) is 6.75. The molecule has 0 aliphatic carbocycles. The Bertz CT molecular complexity index is 685. The summed E-state index contributed by atoms with van der Waals surface area (Å²) in [6.07, 6.45) is -5.10. The minimum Gasteiger partial charge on any atom is -0.454 e. The first kappa shape index (κ1) is 19.5. The number of nitrogens with two attached hydrogens (primary N) is 1. The van der Waals surface area contributed by atoms with Crippen molar-refractivity contribution in [2.75, 3.05) is 13.7 Å². The maximum absolute atomic E-state index is 12.6. The van der Waals surface area contributed by atoms with E-state index in [1.165, 1.54) is 31.3 Å². The van der Waals surface area contributed by atoms with Crippen LogP contribution in [0.5, 0.6) is 0 Å². The molecule has 0 fully saturated rings. The summed E-state index contributed by atoms with van der Waals surface area (Å²) in [5.41, 5.74) is 2.26. The summed E-state index contributed by atoms with van der Waals surface area (Å²) in [5, 5.41) is 9.56. The molecule has 0 saturated carbocycles. The molecule has 0 radical (unpaired) electrons. The molecule has 130 valence electrons. The van der Waals surface area contributed by atoms with Gasteiger partial charge in [0.2, 0.25) is 0 Å². The van der Waals surface area contributed by atoms with Crippen molar-refractivity contribution in [3.05, 3.63) is 46.2 Å². The molecule has 0 spiro atoms. The van der Waals surface area contributed by atoms with Crippen LogP contribution in [0.25, 0.3) is 0 Å². The van der Waals surface area contributed by atoms with Crippen LogP contribution in [-0.2, 0) is 9.53 Å². The summed E-state index contributed by atoms with van der Waals surface area (Å²) in [5.74, 6) is -2.88. The van der Waals surface area contributed by atoms with Crippen LogP contribution in [0.2, 0.25) is 5.02 Å². The van der Waals surface area contributed by atoms with E-state index >= 15 is 0 Å². The number of carbonyl (C=O) groups is 2. The van der Waals surface area contributed by atoms with Gasteiger partial charge in [-0.15, -0.1) is 0 Å². The maximum atomic E-state index is 12.6. The molecular weight excluding hydrogens is 351 g/mol. The van der Waals surface area contributed by atoms with Crippen LogP contribution in [0.1, 0.15) is 10.4 Å². The van der Waals surface area contributed by atoms with Crippen molar-refractivity contribution in [2.45, 2.75) is 6.18 Å². The van der Waals surface area contributed by atoms with E-state index in [4.69, 9.17) is 22.7 Å². The minimum atomic E-state index is -5.10. The van der Waals surface area contributed by atoms with E-state index in [-0.39, 0.29) is 5.56 Å². The zero-order valence-corrected chi connectivity index (χ0v) is 13.1. The molecule has 1 rings (SSSR count). The van der Waals surface area contributed by atoms with Gasteiger partial charge in [0.1, 0.15) is 11.4 Å². The summed E-state index contributed by atoms with van der Waals surface area (Å²) >= 11 is 5.66. The lowest BCUT2D eigenvalue weighted by Gasteiger charge is -2.14. The van der Waals surface area contributed by atoms with E-state index in [9.17, 15) is 22.8 Å². The lowest BCUT2D eigenvalue weighted by atomic mass is 10.1. The van der Waals surface area contributed by atoms with Crippen molar-refractivity contribution in [1.82, 2.24) is 5.32 Å². The average Bonchev–Trinajstić information content (AvgIpc) is 2.52. The highest BCUT2D eigenvalue weighted by Gasteiger charge is 2.41. The van der Waals surface area contributed by atoms with Gasteiger partial charge in [0.15, 0.2) is 18.1 Å². The van der Waals surface area contributed by atoms with Gasteiger partial charge in [-0.05, 0) is 24.3 Å². The van der Waals surface area contributed by atoms with Gasteiger partial charge in [0, 0.05) is 17.6 Å². The monoisotopic (exact) mass is 363 g/mol. The smallest absolute Gasteiger partial charge is 0.433 e. The Morgan fingerprint density at radius 3 is 2.29 bits per heavy atom. The van der Waals surface area contributed by atoms with Gasteiger partial charge >= 0.3 is 12.1 Å². The largest absolute Gasteiger partial charge is 0.454 e. The van der Waals surface area contributed by atoms with Crippen LogP contribution in [0, 0.1) is 5.41 Å². The SMILES string of the molecule is CN/C(N)=C(\C(=N)C(F)(F)F)C(=O)OCC(=O)c1ccc(Cl)cc1. The van der Waals surface area contributed by atoms with Crippen LogP contribution < -0.4 is 11.1 Å². The molecule has 0 unspecified atom stereocenters. The fourth-order valence-electron chi connectivity index (χ4n) is 1.54. The number of ether oxygens (including phenoxy) is 1. The van der Waals surface area contributed by atoms with E-state index in [1.54, 1.807) is 0 Å². The molecule has 6 nitrogen and oxygen atoms in total. The summed E-state index contributed by atoms with van der Waals surface area (Å²) < 4.78 is 42.4. The van der Waals surface area contributed by atoms with Gasteiger partial charge in [-0.2, -0.15) is 13.2 Å². The number of nitrogens with one attached hydrogen (secondary N) is 2. The lowest BCUT2D eigenvalue weighted by molar-refractivity contribution is -0.138. The standard InChI is InChI=1S/C14H13ClF3N3O3/c1-21-12(20)10(11(19)14(16,17)18)13(23)24-6-9(22)7-2-4-8(15)5-3-7/h2-5,19,21H,6,20H2,1H3/b12-10+,19-11?. The van der Waals surface area contributed by atoms with E-state index in [1.807, 2.05) is 0 Å². The third kappa shape index (κ3) is 4.98. The fourth-order valence-corrected chi connectivity index (χ4v) is 1.66. The van der Waals surface area contributed by atoms with Crippen LogP contribution in [-0.4, -0.2) is 37.3 Å². The Balaban J connectivity index is 2.89. The predicted octanol–water partition coefficient (Wildman–Crippen LogP) is 2.04. The highest BCUT2D eigenvalue weighted by molar-refractivity contribution is 6.30. The first-order chi connectivity index (χ1) is 11.1. The Kier molecular flexibility index (Phi) is 6.35. The normalized spacial score (nSPS) is 12.2. The number of Topliss-reactive ketones (excluding diaryl/α,β-unsaturated/α-hetero) is 1. The molecule has 4 N–H and O–H groups in total. The highest BCUT2D eigenvalue weighted by atomic mass is 35.5. The molecule has 0 amide bonds. The molecule has 0 aliphatic rings. The number of halogens is 4. The molecule has 1 aromatic carbocycles. The van der Waals surface area contributed by atoms with Crippen molar-refractivity contribution in [3.63, 3.8) is 0 Å². The topological polar surface area (TPSA) is 105 Å². The van der Waals surface area contributed by atoms with Gasteiger partial charge in [-0.3, -0.25) is 10.2 Å². The number of esters is 1. The minimum absolute atomic E-state index is 0.158. The number of carbonyl (C=O) groups excluding carboxylic acids is 2. The second kappa shape index (κ2) is 7.82. The zero-order valence-electron chi connectivity index (χ0n) is 12.3. The molecule has 0 saturated heterocycles. The van der Waals surface area contributed by atoms with Crippen molar-refractivity contribution in [1.29, 1.82) is 5.41 Å². The number of hydrogen-bond acceptors (Lipinski definition) is 6. The van der Waals surface area contributed by atoms with Gasteiger partial charge in [-0.25, -0.2) is 4.79 Å². The number of rotatable bonds is 6. The van der Waals surface area contributed by atoms with E-state index in [0.717, 1.165) is 0 Å². The molecule has 0 bridgehead atoms. The molecule has 0 atom stereocenters. The second-order valence-electron chi connectivity index (χ2n) is 4.42. The number of alkyl halides is 3. The molecular formula is C14H13ClF3N3O3. The molecule has 1 aromatic rings. The molecule has 0 aliphatic heterocycles. The molecule has 10 heteroatoms. The van der Waals surface area contributed by atoms with E-state index < -0.39 is 41.6 Å². The summed E-state index contributed by atoms with van der Waals surface area (Å²) in [6.45, 7) is -0.813. The van der Waals surface area contributed by atoms with E-state index in [2.05, 4.69) is 10.1 Å². The third-order valence-electron chi connectivity index (χ3n) is 2.78. The van der Waals surface area contributed by atoms with E-state index in [0.29, 0.717) is 5.02 Å². The van der Waals surface area contributed by atoms with Crippen LogP contribution in [0.15, 0.2) is 35.7 Å². The van der Waals surface area contributed by atoms with Crippen molar-refractivity contribution in [3.8, 4) is 0 Å². The van der Waals surface area contributed by atoms with Crippen molar-refractivity contribution < 1.29 is 27.5 Å². The quantitative estimate of drug-likeness (QED) is 0.310. The van der Waals surface area contributed by atoms with Crippen LogP contribution in [0.4, 0.5) is 13.2 Å². The zero-order chi connectivity index (χ0) is 18.5. The number of ketones is 1. The Morgan fingerprint density at radius 1 is 1.29 bits per heavy atom. The first-order valence-electron chi connectivity index (χ1n) is 6.37. The Labute approximate surface area is 139 Å². The summed E-state index contributed by atoms with van der Waals surface area (Å²) in [4.78, 5) is 23.6. The summed E-state index contributed by atoms with van der Waals surface area (Å²) in [6, 6.07) is 5.60. The number of benzene rings is 1.